The number of aromatic nitrogens is 1. The van der Waals surface area contributed by atoms with Crippen LogP contribution in [-0.2, 0) is 6.54 Å². The minimum absolute atomic E-state index is 0. The summed E-state index contributed by atoms with van der Waals surface area (Å²) in [7, 11) is 0. The molecule has 1 fully saturated rings. The number of aryl methyl sites for hydroxylation is 1. The number of amides is 1. The van der Waals surface area contributed by atoms with Crippen LogP contribution in [-0.4, -0.2) is 29.1 Å². The van der Waals surface area contributed by atoms with Gasteiger partial charge in [0, 0.05) is 29.3 Å². The van der Waals surface area contributed by atoms with E-state index in [-0.39, 0.29) is 24.4 Å². The second kappa shape index (κ2) is 7.31. The summed E-state index contributed by atoms with van der Waals surface area (Å²) < 4.78 is 2.91. The Morgan fingerprint density at radius 3 is 3.00 bits per heavy atom. The molecule has 0 saturated carbocycles. The third-order valence-electron chi connectivity index (χ3n) is 3.51. The van der Waals surface area contributed by atoms with Gasteiger partial charge in [0.1, 0.15) is 5.69 Å². The first-order valence-corrected chi connectivity index (χ1v) is 7.31. The number of hydrogen-bond donors (Lipinski definition) is 2. The lowest BCUT2D eigenvalue weighted by molar-refractivity contribution is 0.0910. The summed E-state index contributed by atoms with van der Waals surface area (Å²) in [6.07, 6.45) is 4.11. The van der Waals surface area contributed by atoms with Gasteiger partial charge in [-0.05, 0) is 55.2 Å². The summed E-state index contributed by atoms with van der Waals surface area (Å²) in [6.45, 7) is 6.00. The molecule has 2 N–H and O–H groups in total. The Hall–Kier alpha value is -0.520. The van der Waals surface area contributed by atoms with Gasteiger partial charge >= 0.3 is 0 Å². The van der Waals surface area contributed by atoms with Crippen molar-refractivity contribution in [2.75, 3.05) is 6.54 Å². The fourth-order valence-corrected chi connectivity index (χ4v) is 2.87. The second-order valence-electron chi connectivity index (χ2n) is 4.79. The maximum Gasteiger partial charge on any atom is 0.268 e. The number of halogens is 2. The van der Waals surface area contributed by atoms with Crippen molar-refractivity contribution in [2.45, 2.75) is 45.3 Å². The molecule has 1 aliphatic heterocycles. The zero-order valence-corrected chi connectivity index (χ0v) is 13.7. The Morgan fingerprint density at radius 1 is 1.63 bits per heavy atom. The van der Waals surface area contributed by atoms with Crippen molar-refractivity contribution in [3.05, 3.63) is 22.4 Å². The van der Waals surface area contributed by atoms with E-state index >= 15 is 0 Å². The fourth-order valence-electron chi connectivity index (χ4n) is 2.41. The van der Waals surface area contributed by atoms with Crippen LogP contribution in [0.15, 0.2) is 16.7 Å². The van der Waals surface area contributed by atoms with Crippen LogP contribution in [0.5, 0.6) is 0 Å². The van der Waals surface area contributed by atoms with E-state index in [0.29, 0.717) is 6.04 Å². The number of piperidine rings is 1. The minimum Gasteiger partial charge on any atom is -0.346 e. The molecule has 1 amide bonds. The number of hydrogen-bond acceptors (Lipinski definition) is 2. The average molecular weight is 351 g/mol. The molecule has 0 spiro atoms. The zero-order chi connectivity index (χ0) is 13.1. The molecule has 0 aliphatic carbocycles. The first kappa shape index (κ1) is 16.5. The number of carbonyl (C=O) groups excluding carboxylic acids is 1. The number of rotatable bonds is 3. The first-order valence-electron chi connectivity index (χ1n) is 6.51. The van der Waals surface area contributed by atoms with Crippen molar-refractivity contribution in [2.24, 2.45) is 0 Å². The topological polar surface area (TPSA) is 46.1 Å². The van der Waals surface area contributed by atoms with Gasteiger partial charge in [-0.15, -0.1) is 12.4 Å². The Kier molecular flexibility index (Phi) is 6.36. The molecule has 2 atom stereocenters. The summed E-state index contributed by atoms with van der Waals surface area (Å²) >= 11 is 3.42. The van der Waals surface area contributed by atoms with E-state index in [1.807, 2.05) is 23.8 Å². The summed E-state index contributed by atoms with van der Waals surface area (Å²) in [6, 6.07) is 2.45. The highest BCUT2D eigenvalue weighted by Crippen LogP contribution is 2.16. The van der Waals surface area contributed by atoms with Crippen LogP contribution < -0.4 is 10.6 Å². The van der Waals surface area contributed by atoms with Crippen LogP contribution in [0.1, 0.15) is 37.2 Å². The Balaban J connectivity index is 0.00000180. The predicted octanol–water partition coefficient (Wildman–Crippen LogP) is 2.56. The van der Waals surface area contributed by atoms with E-state index in [0.717, 1.165) is 36.1 Å². The normalized spacial score (nSPS) is 22.7. The molecule has 1 aromatic rings. The lowest BCUT2D eigenvalue weighted by Gasteiger charge is -2.30. The van der Waals surface area contributed by atoms with Crippen molar-refractivity contribution >= 4 is 34.2 Å². The smallest absolute Gasteiger partial charge is 0.268 e. The molecular formula is C13H21BrClN3O. The molecule has 0 bridgehead atoms. The fraction of sp³-hybridized carbons (Fsp3) is 0.615. The predicted molar refractivity (Wildman–Crippen MR) is 83.0 cm³/mol. The van der Waals surface area contributed by atoms with Crippen LogP contribution >= 0.6 is 28.3 Å². The third kappa shape index (κ3) is 3.97. The summed E-state index contributed by atoms with van der Waals surface area (Å²) in [5.41, 5.74) is 0.724. The van der Waals surface area contributed by atoms with E-state index in [1.165, 1.54) is 0 Å². The summed E-state index contributed by atoms with van der Waals surface area (Å²) in [5, 5.41) is 6.52. The second-order valence-corrected chi connectivity index (χ2v) is 5.71. The number of carbonyl (C=O) groups is 1. The molecule has 1 saturated heterocycles. The molecular weight excluding hydrogens is 330 g/mol. The molecule has 2 unspecified atom stereocenters. The molecule has 6 heteroatoms. The Bertz CT molecular complexity index is 436. The Morgan fingerprint density at radius 2 is 2.37 bits per heavy atom. The summed E-state index contributed by atoms with van der Waals surface area (Å²) in [4.78, 5) is 12.3. The van der Waals surface area contributed by atoms with Crippen molar-refractivity contribution in [1.29, 1.82) is 0 Å². The summed E-state index contributed by atoms with van der Waals surface area (Å²) in [5.74, 6) is 0.0168. The molecule has 2 heterocycles. The molecule has 108 valence electrons. The largest absolute Gasteiger partial charge is 0.346 e. The van der Waals surface area contributed by atoms with E-state index in [1.54, 1.807) is 0 Å². The maximum atomic E-state index is 12.3. The van der Waals surface area contributed by atoms with Crippen LogP contribution in [0, 0.1) is 0 Å². The van der Waals surface area contributed by atoms with Gasteiger partial charge in [-0.1, -0.05) is 0 Å². The third-order valence-corrected chi connectivity index (χ3v) is 3.95. The number of nitrogens with one attached hydrogen (secondary N) is 2. The molecule has 1 aliphatic rings. The van der Waals surface area contributed by atoms with Crippen LogP contribution in [0.3, 0.4) is 0 Å². The van der Waals surface area contributed by atoms with Gasteiger partial charge < -0.3 is 15.2 Å². The van der Waals surface area contributed by atoms with Gasteiger partial charge in [0.25, 0.3) is 5.91 Å². The zero-order valence-electron chi connectivity index (χ0n) is 11.3. The highest BCUT2D eigenvalue weighted by atomic mass is 79.9. The molecule has 0 radical (unpaired) electrons. The molecule has 0 aromatic carbocycles. The first-order chi connectivity index (χ1) is 8.61. The van der Waals surface area contributed by atoms with E-state index in [2.05, 4.69) is 33.5 Å². The van der Waals surface area contributed by atoms with Crippen molar-refractivity contribution in [1.82, 2.24) is 15.2 Å². The van der Waals surface area contributed by atoms with E-state index in [9.17, 15) is 4.79 Å². The minimum atomic E-state index is 0. The van der Waals surface area contributed by atoms with Crippen molar-refractivity contribution in [3.63, 3.8) is 0 Å². The molecule has 4 nitrogen and oxygen atoms in total. The highest BCUT2D eigenvalue weighted by molar-refractivity contribution is 9.10. The SMILES string of the molecule is CCn1cc(Br)cc1C(=O)NC1CCCNC1C.Cl. The monoisotopic (exact) mass is 349 g/mol. The van der Waals surface area contributed by atoms with Gasteiger partial charge in [-0.25, -0.2) is 0 Å². The molecule has 2 rings (SSSR count). The van der Waals surface area contributed by atoms with Crippen molar-refractivity contribution in [3.8, 4) is 0 Å². The molecule has 19 heavy (non-hydrogen) atoms. The lowest BCUT2D eigenvalue weighted by atomic mass is 10.00. The average Bonchev–Trinajstić information content (AvgIpc) is 2.73. The van der Waals surface area contributed by atoms with E-state index < -0.39 is 0 Å². The lowest BCUT2D eigenvalue weighted by Crippen LogP contribution is -2.52. The van der Waals surface area contributed by atoms with Gasteiger partial charge in [-0.2, -0.15) is 0 Å². The maximum absolute atomic E-state index is 12.3. The van der Waals surface area contributed by atoms with Crippen molar-refractivity contribution < 1.29 is 4.79 Å². The standard InChI is InChI=1S/C13H20BrN3O.ClH/c1-3-17-8-10(14)7-12(17)13(18)16-11-5-4-6-15-9(11)2;/h7-9,11,15H,3-6H2,1-2H3,(H,16,18);1H. The number of nitrogens with zero attached hydrogens (tertiary/aromatic N) is 1. The van der Waals surface area contributed by atoms with Gasteiger partial charge in [-0.3, -0.25) is 4.79 Å². The highest BCUT2D eigenvalue weighted by Gasteiger charge is 2.23. The van der Waals surface area contributed by atoms with Gasteiger partial charge in [0.2, 0.25) is 0 Å². The van der Waals surface area contributed by atoms with Gasteiger partial charge in [0.05, 0.1) is 0 Å². The van der Waals surface area contributed by atoms with E-state index in [4.69, 9.17) is 0 Å². The van der Waals surface area contributed by atoms with Crippen LogP contribution in [0.4, 0.5) is 0 Å². The molecule has 1 aromatic heterocycles. The Labute approximate surface area is 128 Å². The van der Waals surface area contributed by atoms with Crippen LogP contribution in [0.2, 0.25) is 0 Å². The van der Waals surface area contributed by atoms with Gasteiger partial charge in [0.15, 0.2) is 0 Å². The quantitative estimate of drug-likeness (QED) is 0.880. The van der Waals surface area contributed by atoms with Crippen LogP contribution in [0.25, 0.3) is 0 Å².